The number of benzene rings is 3. The third-order valence-corrected chi connectivity index (χ3v) is 9.37. The van der Waals surface area contributed by atoms with E-state index < -0.39 is 16.2 Å². The molecule has 3 atom stereocenters. The Hall–Kier alpha value is -3.93. The summed E-state index contributed by atoms with van der Waals surface area (Å²) in [6.07, 6.45) is -0.212. The van der Waals surface area contributed by atoms with Gasteiger partial charge in [-0.2, -0.15) is 6.04 Å². The third-order valence-electron chi connectivity index (χ3n) is 9.37. The summed E-state index contributed by atoms with van der Waals surface area (Å²) in [5.41, 5.74) is 6.73. The van der Waals surface area contributed by atoms with Crippen LogP contribution in [0.5, 0.6) is 0 Å². The summed E-state index contributed by atoms with van der Waals surface area (Å²) in [5.74, 6) is -0.446. The van der Waals surface area contributed by atoms with Gasteiger partial charge in [0.15, 0.2) is 0 Å². The summed E-state index contributed by atoms with van der Waals surface area (Å²) in [5, 5.41) is 5.90. The van der Waals surface area contributed by atoms with Gasteiger partial charge in [0.05, 0.1) is 17.5 Å². The van der Waals surface area contributed by atoms with Gasteiger partial charge in [0, 0.05) is 23.0 Å². The van der Waals surface area contributed by atoms with Gasteiger partial charge in [-0.3, -0.25) is 20.9 Å². The largest absolute Gasteiger partial charge is 3.00 e. The molecule has 0 aliphatic carbocycles. The topological polar surface area (TPSA) is 211 Å². The molecule has 0 bridgehead atoms. The van der Waals surface area contributed by atoms with Crippen molar-refractivity contribution in [1.29, 1.82) is 0 Å². The number of nitrogens with one attached hydrogen (secondary N) is 3. The van der Waals surface area contributed by atoms with Crippen LogP contribution in [0.1, 0.15) is 83.1 Å². The van der Waals surface area contributed by atoms with E-state index in [2.05, 4.69) is 16.2 Å². The smallest absolute Gasteiger partial charge is 0.417 e. The van der Waals surface area contributed by atoms with Crippen molar-refractivity contribution >= 4 is 52.1 Å². The van der Waals surface area contributed by atoms with Crippen molar-refractivity contribution in [2.24, 2.45) is 16.2 Å². The molecule has 60 heavy (non-hydrogen) atoms. The Morgan fingerprint density at radius 1 is 0.500 bits per heavy atom. The van der Waals surface area contributed by atoms with Crippen molar-refractivity contribution in [2.75, 3.05) is 14.9 Å². The van der Waals surface area contributed by atoms with Gasteiger partial charge in [-0.15, -0.1) is 0 Å². The van der Waals surface area contributed by atoms with Gasteiger partial charge in [0.1, 0.15) is 17.7 Å². The van der Waals surface area contributed by atoms with Crippen LogP contribution in [0.3, 0.4) is 0 Å². The number of carbonyl (C=O) groups is 6. The van der Waals surface area contributed by atoms with Crippen molar-refractivity contribution in [3.8, 4) is 0 Å². The number of hydrazine groups is 2. The number of Topliss-reactive ketones (excluding diaryl/α,β-unsaturated/α-hetero) is 3. The number of hydrogen-bond donors (Lipinski definition) is 3. The van der Waals surface area contributed by atoms with E-state index in [1.54, 1.807) is 4.90 Å². The summed E-state index contributed by atoms with van der Waals surface area (Å²) < 4.78 is 0. The molecule has 3 saturated heterocycles. The number of nitrogens with zero attached hydrogens (tertiary/aromatic N) is 3. The maximum atomic E-state index is 12.4. The first-order valence-electron chi connectivity index (χ1n) is 19.2. The second-order valence-corrected chi connectivity index (χ2v) is 17.4. The second kappa shape index (κ2) is 21.7. The zero-order chi connectivity index (χ0) is 42.6. The molecular formula is C45H61EuN6O8. The van der Waals surface area contributed by atoms with E-state index in [0.717, 1.165) is 17.1 Å². The zero-order valence-corrected chi connectivity index (χ0v) is 39.0. The van der Waals surface area contributed by atoms with E-state index in [1.165, 1.54) is 10.0 Å². The molecule has 0 aromatic heterocycles. The van der Waals surface area contributed by atoms with Crippen LogP contribution in [0.15, 0.2) is 91.0 Å². The van der Waals surface area contributed by atoms with Gasteiger partial charge in [-0.05, 0) is 59.6 Å². The van der Waals surface area contributed by atoms with Gasteiger partial charge in [0.2, 0.25) is 0 Å². The molecule has 0 spiro atoms. The van der Waals surface area contributed by atoms with Gasteiger partial charge in [0.25, 0.3) is 0 Å². The van der Waals surface area contributed by atoms with Crippen LogP contribution in [-0.2, 0) is 28.8 Å². The average molecular weight is 966 g/mol. The molecule has 326 valence electrons. The molecule has 3 unspecified atom stereocenters. The number of anilines is 3. The van der Waals surface area contributed by atoms with E-state index >= 15 is 0 Å². The van der Waals surface area contributed by atoms with Gasteiger partial charge in [-0.25, -0.2) is 11.8 Å². The molecule has 7 N–H and O–H groups in total. The van der Waals surface area contributed by atoms with Crippen molar-refractivity contribution < 1.29 is 89.1 Å². The van der Waals surface area contributed by atoms with Gasteiger partial charge in [-0.1, -0.05) is 143 Å². The minimum Gasteiger partial charge on any atom is -0.417 e. The first kappa shape index (κ1) is 54.1. The Labute approximate surface area is 395 Å². The fourth-order valence-electron chi connectivity index (χ4n) is 6.28. The van der Waals surface area contributed by atoms with Crippen LogP contribution in [-0.4, -0.2) is 64.3 Å². The van der Waals surface area contributed by atoms with E-state index in [4.69, 9.17) is 0 Å². The number of carbonyl (C=O) groups excluding carboxylic acids is 6. The molecule has 14 nitrogen and oxygen atoms in total. The molecule has 6 rings (SSSR count). The fourth-order valence-corrected chi connectivity index (χ4v) is 6.28. The number of para-hydroxylation sites is 3. The summed E-state index contributed by atoms with van der Waals surface area (Å²) >= 11 is 0. The minimum absolute atomic E-state index is 0. The predicted octanol–water partition coefficient (Wildman–Crippen LogP) is 4.70. The number of hydrogen-bond acceptors (Lipinski definition) is 9. The molecule has 3 aromatic carbocycles. The molecule has 3 aliphatic rings. The standard InChI is InChI=1S/3C15H19N2O2.Eu.2H2O/c1-10-16-12(13(18)15(2,3)4)14(19)17(10)11-8-6-5-7-9-11;2*1-10-12(13(18)15(2,3)4)14(19)17(16-10)11-8-6-5-7-9-11;;;/h3*5-10,16H,1-4H3;;2*1H2/q3*-1;+3;;. The molecule has 3 aromatic rings. The van der Waals surface area contributed by atoms with E-state index in [9.17, 15) is 28.8 Å². The van der Waals surface area contributed by atoms with E-state index in [0.29, 0.717) is 11.8 Å². The molecule has 15 heteroatoms. The predicted molar refractivity (Wildman–Crippen MR) is 230 cm³/mol. The van der Waals surface area contributed by atoms with Crippen molar-refractivity contribution in [1.82, 2.24) is 16.2 Å². The number of rotatable bonds is 6. The van der Waals surface area contributed by atoms with Crippen LogP contribution in [0.2, 0.25) is 0 Å². The number of ketones is 3. The van der Waals surface area contributed by atoms with Crippen molar-refractivity contribution in [2.45, 2.75) is 101 Å². The van der Waals surface area contributed by atoms with Crippen molar-refractivity contribution in [3.63, 3.8) is 0 Å². The normalized spacial score (nSPS) is 19.0. The second-order valence-electron chi connectivity index (χ2n) is 17.4. The summed E-state index contributed by atoms with van der Waals surface area (Å²) in [7, 11) is 0. The van der Waals surface area contributed by atoms with Crippen LogP contribution < -0.4 is 31.1 Å². The molecule has 3 heterocycles. The molecule has 0 radical (unpaired) electrons. The van der Waals surface area contributed by atoms with Gasteiger partial charge >= 0.3 is 49.4 Å². The number of amides is 3. The maximum Gasteiger partial charge on any atom is 3.00 e. The van der Waals surface area contributed by atoms with Crippen molar-refractivity contribution in [3.05, 3.63) is 109 Å². The fraction of sp³-hybridized carbons (Fsp3) is 0.400. The van der Waals surface area contributed by atoms with Crippen LogP contribution >= 0.6 is 0 Å². The molecule has 0 saturated carbocycles. The van der Waals surface area contributed by atoms with Crippen LogP contribution in [0.25, 0.3) is 0 Å². The van der Waals surface area contributed by atoms with E-state index in [1.807, 2.05) is 174 Å². The molecule has 3 fully saturated rings. The Kier molecular flexibility index (Phi) is 19.6. The molecular weight excluding hydrogens is 904 g/mol. The Morgan fingerprint density at radius 3 is 1.10 bits per heavy atom. The summed E-state index contributed by atoms with van der Waals surface area (Å²) in [6.45, 7) is 21.9. The molecule has 3 aliphatic heterocycles. The zero-order valence-electron chi connectivity index (χ0n) is 36.6. The van der Waals surface area contributed by atoms with Gasteiger partial charge < -0.3 is 49.9 Å². The Morgan fingerprint density at radius 2 is 0.800 bits per heavy atom. The molecule has 3 amide bonds. The first-order valence-corrected chi connectivity index (χ1v) is 19.2. The quantitative estimate of drug-likeness (QED) is 0.292. The van der Waals surface area contributed by atoms with Crippen LogP contribution in [0, 0.1) is 83.5 Å². The monoisotopic (exact) mass is 966 g/mol. The summed E-state index contributed by atoms with van der Waals surface area (Å²) in [6, 6.07) is 27.6. The minimum atomic E-state index is -0.565. The third kappa shape index (κ3) is 12.6. The first-order chi connectivity index (χ1) is 26.5. The maximum absolute atomic E-state index is 12.4. The summed E-state index contributed by atoms with van der Waals surface area (Å²) in [4.78, 5) is 75.8. The Bertz CT molecular complexity index is 1830. The van der Waals surface area contributed by atoms with Crippen LogP contribution in [0.4, 0.5) is 17.1 Å². The SMILES string of the molecule is CC1NN(c2ccccc2)C(=O)[C-]1C(=O)C(C)(C)C.CC1NN(c2ccccc2)C(=O)[C-]1C(=O)C(C)(C)C.CC1N[C-](C(=O)C(C)(C)C)C(=O)N1c1ccccc1.O.O.[Eu+3]. The Balaban J connectivity index is 0.000000439. The van der Waals surface area contributed by atoms with E-state index in [-0.39, 0.29) is 120 Å². The average Bonchev–Trinajstić information content (AvgIpc) is 3.74.